The Kier molecular flexibility index (Phi) is 5.78. The summed E-state index contributed by atoms with van der Waals surface area (Å²) in [6.07, 6.45) is 1.64. The van der Waals surface area contributed by atoms with Crippen molar-refractivity contribution in [1.82, 2.24) is 9.80 Å². The van der Waals surface area contributed by atoms with Crippen LogP contribution < -0.4 is 0 Å². The van der Waals surface area contributed by atoms with Gasteiger partial charge in [0.15, 0.2) is 5.79 Å². The molecule has 6 nitrogen and oxygen atoms in total. The van der Waals surface area contributed by atoms with E-state index in [0.29, 0.717) is 32.9 Å². The van der Waals surface area contributed by atoms with Gasteiger partial charge in [-0.1, -0.05) is 30.3 Å². The fourth-order valence-electron chi connectivity index (χ4n) is 4.41. The quantitative estimate of drug-likeness (QED) is 0.806. The van der Waals surface area contributed by atoms with Gasteiger partial charge in [0.1, 0.15) is 6.10 Å². The molecule has 6 heteroatoms. The minimum atomic E-state index is -0.550. The number of morpholine rings is 1. The first-order chi connectivity index (χ1) is 13.1. The first-order valence-corrected chi connectivity index (χ1v) is 10.1. The molecule has 0 aromatic heterocycles. The molecule has 27 heavy (non-hydrogen) atoms. The molecular formula is C21H30N2O4. The van der Waals surface area contributed by atoms with Gasteiger partial charge in [0.05, 0.1) is 19.8 Å². The van der Waals surface area contributed by atoms with Crippen molar-refractivity contribution in [3.63, 3.8) is 0 Å². The van der Waals surface area contributed by atoms with Gasteiger partial charge in [0.25, 0.3) is 5.91 Å². The molecule has 0 radical (unpaired) electrons. The maximum Gasteiger partial charge on any atom is 0.253 e. The second-order valence-electron chi connectivity index (χ2n) is 7.92. The largest absolute Gasteiger partial charge is 0.366 e. The second kappa shape index (κ2) is 8.27. The van der Waals surface area contributed by atoms with Crippen LogP contribution in [0.2, 0.25) is 0 Å². The predicted molar refractivity (Wildman–Crippen MR) is 101 cm³/mol. The van der Waals surface area contributed by atoms with Gasteiger partial charge in [0, 0.05) is 38.6 Å². The molecule has 1 aromatic carbocycles. The average molecular weight is 374 g/mol. The lowest BCUT2D eigenvalue weighted by molar-refractivity contribution is -0.195. The molecular weight excluding hydrogens is 344 g/mol. The molecule has 3 aliphatic rings. The van der Waals surface area contributed by atoms with Crippen LogP contribution >= 0.6 is 0 Å². The topological polar surface area (TPSA) is 51.2 Å². The molecule has 3 fully saturated rings. The Morgan fingerprint density at radius 1 is 1.11 bits per heavy atom. The second-order valence-corrected chi connectivity index (χ2v) is 7.92. The SMILES string of the molecule is CC1([C@@H]2CCCN(C(=O)[C@@H]3CN(Cc4ccccc4)CCO3)C2)OCCO1. The van der Waals surface area contributed by atoms with Gasteiger partial charge in [-0.2, -0.15) is 0 Å². The number of rotatable bonds is 4. The Morgan fingerprint density at radius 3 is 2.67 bits per heavy atom. The Hall–Kier alpha value is -1.47. The lowest BCUT2D eigenvalue weighted by atomic mass is 9.90. The molecule has 4 rings (SSSR count). The number of carbonyl (C=O) groups excluding carboxylic acids is 1. The molecule has 0 unspecified atom stereocenters. The highest BCUT2D eigenvalue weighted by molar-refractivity contribution is 5.81. The fourth-order valence-corrected chi connectivity index (χ4v) is 4.41. The van der Waals surface area contributed by atoms with Gasteiger partial charge in [-0.15, -0.1) is 0 Å². The third-order valence-corrected chi connectivity index (χ3v) is 6.01. The van der Waals surface area contributed by atoms with Gasteiger partial charge >= 0.3 is 0 Å². The van der Waals surface area contributed by atoms with Crippen molar-refractivity contribution in [2.75, 3.05) is 46.0 Å². The molecule has 2 atom stereocenters. The number of benzene rings is 1. The number of nitrogens with zero attached hydrogens (tertiary/aromatic N) is 2. The molecule has 3 saturated heterocycles. The van der Waals surface area contributed by atoms with E-state index in [4.69, 9.17) is 14.2 Å². The van der Waals surface area contributed by atoms with E-state index in [9.17, 15) is 4.79 Å². The Balaban J connectivity index is 1.35. The highest BCUT2D eigenvalue weighted by Gasteiger charge is 2.43. The highest BCUT2D eigenvalue weighted by Crippen LogP contribution is 2.34. The van der Waals surface area contributed by atoms with E-state index in [1.807, 2.05) is 17.9 Å². The van der Waals surface area contributed by atoms with Gasteiger partial charge < -0.3 is 19.1 Å². The molecule has 3 heterocycles. The van der Waals surface area contributed by atoms with Gasteiger partial charge in [0.2, 0.25) is 0 Å². The Morgan fingerprint density at radius 2 is 1.89 bits per heavy atom. The molecule has 0 spiro atoms. The number of hydrogen-bond acceptors (Lipinski definition) is 5. The van der Waals surface area contributed by atoms with Crippen molar-refractivity contribution in [2.45, 2.75) is 38.2 Å². The number of hydrogen-bond donors (Lipinski definition) is 0. The number of amides is 1. The monoisotopic (exact) mass is 374 g/mol. The summed E-state index contributed by atoms with van der Waals surface area (Å²) in [7, 11) is 0. The number of carbonyl (C=O) groups is 1. The van der Waals surface area contributed by atoms with Crippen LogP contribution in [0, 0.1) is 5.92 Å². The van der Waals surface area contributed by atoms with E-state index >= 15 is 0 Å². The standard InChI is InChI=1S/C21H30N2O4/c1-21(26-12-13-27-21)18-8-5-9-23(15-18)20(24)19-16-22(10-11-25-19)14-17-6-3-2-4-7-17/h2-4,6-7,18-19H,5,8-16H2,1H3/t18-,19+/m1/s1. The molecule has 1 aromatic rings. The van der Waals surface area contributed by atoms with Crippen LogP contribution in [0.1, 0.15) is 25.3 Å². The van der Waals surface area contributed by atoms with E-state index in [1.54, 1.807) is 0 Å². The molecule has 0 bridgehead atoms. The lowest BCUT2D eigenvalue weighted by Crippen LogP contribution is -2.55. The van der Waals surface area contributed by atoms with Gasteiger partial charge in [-0.25, -0.2) is 0 Å². The summed E-state index contributed by atoms with van der Waals surface area (Å²) in [5.41, 5.74) is 1.27. The smallest absolute Gasteiger partial charge is 0.253 e. The van der Waals surface area contributed by atoms with E-state index in [2.05, 4.69) is 29.2 Å². The van der Waals surface area contributed by atoms with Crippen LogP contribution in [0.4, 0.5) is 0 Å². The zero-order valence-corrected chi connectivity index (χ0v) is 16.1. The van der Waals surface area contributed by atoms with Crippen LogP contribution in [0.3, 0.4) is 0 Å². The molecule has 148 valence electrons. The van der Waals surface area contributed by atoms with Gasteiger partial charge in [-0.3, -0.25) is 9.69 Å². The van der Waals surface area contributed by atoms with Crippen LogP contribution in [0.5, 0.6) is 0 Å². The first-order valence-electron chi connectivity index (χ1n) is 10.1. The van der Waals surface area contributed by atoms with E-state index in [1.165, 1.54) is 5.56 Å². The summed E-state index contributed by atoms with van der Waals surface area (Å²) in [6.45, 7) is 7.75. The zero-order chi connectivity index (χ0) is 18.7. The minimum Gasteiger partial charge on any atom is -0.366 e. The summed E-state index contributed by atoms with van der Waals surface area (Å²) >= 11 is 0. The lowest BCUT2D eigenvalue weighted by Gasteiger charge is -2.42. The maximum atomic E-state index is 13.1. The molecule has 0 aliphatic carbocycles. The summed E-state index contributed by atoms with van der Waals surface area (Å²) in [4.78, 5) is 17.4. The van der Waals surface area contributed by atoms with Gasteiger partial charge in [-0.05, 0) is 25.3 Å². The number of likely N-dealkylation sites (tertiary alicyclic amines) is 1. The van der Waals surface area contributed by atoms with Crippen molar-refractivity contribution in [1.29, 1.82) is 0 Å². The molecule has 0 N–H and O–H groups in total. The Labute approximate surface area is 161 Å². The Bertz CT molecular complexity index is 632. The summed E-state index contributed by atoms with van der Waals surface area (Å²) in [6, 6.07) is 10.4. The van der Waals surface area contributed by atoms with Crippen molar-refractivity contribution in [3.05, 3.63) is 35.9 Å². The minimum absolute atomic E-state index is 0.110. The van der Waals surface area contributed by atoms with Crippen LogP contribution in [-0.2, 0) is 25.5 Å². The fraction of sp³-hybridized carbons (Fsp3) is 0.667. The highest BCUT2D eigenvalue weighted by atomic mass is 16.7. The predicted octanol–water partition coefficient (Wildman–Crippen LogP) is 1.89. The third kappa shape index (κ3) is 4.35. The molecule has 1 amide bonds. The maximum absolute atomic E-state index is 13.1. The molecule has 0 saturated carbocycles. The van der Waals surface area contributed by atoms with Crippen molar-refractivity contribution in [2.24, 2.45) is 5.92 Å². The zero-order valence-electron chi connectivity index (χ0n) is 16.1. The summed E-state index contributed by atoms with van der Waals surface area (Å²) < 4.78 is 17.5. The number of piperidine rings is 1. The van der Waals surface area contributed by atoms with Crippen LogP contribution in [-0.4, -0.2) is 73.6 Å². The number of ether oxygens (including phenoxy) is 3. The first kappa shape index (κ1) is 18.9. The van der Waals surface area contributed by atoms with Crippen molar-refractivity contribution < 1.29 is 19.0 Å². The normalized spacial score (nSPS) is 29.0. The molecule has 3 aliphatic heterocycles. The average Bonchev–Trinajstić information content (AvgIpc) is 3.16. The van der Waals surface area contributed by atoms with E-state index in [-0.39, 0.29) is 17.9 Å². The van der Waals surface area contributed by atoms with Crippen molar-refractivity contribution >= 4 is 5.91 Å². The van der Waals surface area contributed by atoms with E-state index < -0.39 is 5.79 Å². The third-order valence-electron chi connectivity index (χ3n) is 6.01. The summed E-state index contributed by atoms with van der Waals surface area (Å²) in [5.74, 6) is -0.216. The van der Waals surface area contributed by atoms with Crippen LogP contribution in [0.15, 0.2) is 30.3 Å². The van der Waals surface area contributed by atoms with Crippen molar-refractivity contribution in [3.8, 4) is 0 Å². The van der Waals surface area contributed by atoms with E-state index in [0.717, 1.165) is 32.5 Å². The van der Waals surface area contributed by atoms with Crippen LogP contribution in [0.25, 0.3) is 0 Å². The summed E-state index contributed by atoms with van der Waals surface area (Å²) in [5, 5.41) is 0.